The Labute approximate surface area is 206 Å². The van der Waals surface area contributed by atoms with Crippen LogP contribution in [0.2, 0.25) is 10.0 Å². The zero-order valence-electron chi connectivity index (χ0n) is 18.2. The topological polar surface area (TPSA) is 72.7 Å². The Morgan fingerprint density at radius 2 is 1.88 bits per heavy atom. The monoisotopic (exact) mass is 497 g/mol. The van der Waals surface area contributed by atoms with Crippen LogP contribution in [0.1, 0.15) is 18.1 Å². The van der Waals surface area contributed by atoms with Gasteiger partial charge in [-0.1, -0.05) is 52.7 Å². The number of anilines is 1. The van der Waals surface area contributed by atoms with Gasteiger partial charge < -0.3 is 5.32 Å². The molecule has 0 fully saturated rings. The Bertz CT molecular complexity index is 1310. The lowest BCUT2D eigenvalue weighted by molar-refractivity contribution is -0.115. The number of hydrogen-bond acceptors (Lipinski definition) is 5. The number of amides is 1. The van der Waals surface area contributed by atoms with Crippen molar-refractivity contribution in [3.05, 3.63) is 82.1 Å². The SMILES string of the molecule is Cc1ccc(NC(=O)C(C)Sc2nnc(-c3cccnc3)n2-c2ccc(Cl)c(Cl)c2)c(C)c1. The predicted molar refractivity (Wildman–Crippen MR) is 134 cm³/mol. The lowest BCUT2D eigenvalue weighted by Gasteiger charge is -2.15. The van der Waals surface area contributed by atoms with E-state index in [1.165, 1.54) is 11.8 Å². The van der Waals surface area contributed by atoms with Gasteiger partial charge in [0.05, 0.1) is 21.0 Å². The molecule has 9 heteroatoms. The van der Waals surface area contributed by atoms with Crippen molar-refractivity contribution in [3.8, 4) is 17.1 Å². The summed E-state index contributed by atoms with van der Waals surface area (Å²) in [4.78, 5) is 17.1. The minimum atomic E-state index is -0.432. The number of carbonyl (C=O) groups is 1. The largest absolute Gasteiger partial charge is 0.325 e. The summed E-state index contributed by atoms with van der Waals surface area (Å²) in [5.41, 5.74) is 4.47. The molecule has 4 aromatic rings. The first-order chi connectivity index (χ1) is 15.8. The molecular weight excluding hydrogens is 477 g/mol. The van der Waals surface area contributed by atoms with Gasteiger partial charge in [-0.05, 0) is 62.7 Å². The van der Waals surface area contributed by atoms with Gasteiger partial charge in [0.1, 0.15) is 0 Å². The zero-order valence-corrected chi connectivity index (χ0v) is 20.5. The van der Waals surface area contributed by atoms with Crippen molar-refractivity contribution in [2.24, 2.45) is 0 Å². The molecule has 0 bridgehead atoms. The number of nitrogens with one attached hydrogen (secondary N) is 1. The smallest absolute Gasteiger partial charge is 0.237 e. The van der Waals surface area contributed by atoms with Crippen LogP contribution < -0.4 is 5.32 Å². The molecule has 1 N–H and O–H groups in total. The summed E-state index contributed by atoms with van der Waals surface area (Å²) in [6.07, 6.45) is 3.40. The summed E-state index contributed by atoms with van der Waals surface area (Å²) in [5.74, 6) is 0.463. The number of aromatic nitrogens is 4. The van der Waals surface area contributed by atoms with E-state index in [-0.39, 0.29) is 5.91 Å². The van der Waals surface area contributed by atoms with E-state index in [0.717, 1.165) is 28.1 Å². The van der Waals surface area contributed by atoms with Crippen LogP contribution in [0, 0.1) is 13.8 Å². The molecule has 2 aromatic carbocycles. The van der Waals surface area contributed by atoms with Crippen LogP contribution in [-0.4, -0.2) is 30.9 Å². The molecule has 0 radical (unpaired) electrons. The normalized spacial score (nSPS) is 11.9. The Balaban J connectivity index is 1.66. The van der Waals surface area contributed by atoms with E-state index < -0.39 is 5.25 Å². The van der Waals surface area contributed by atoms with Crippen LogP contribution in [-0.2, 0) is 4.79 Å². The maximum Gasteiger partial charge on any atom is 0.237 e. The van der Waals surface area contributed by atoms with Crippen molar-refractivity contribution in [3.63, 3.8) is 0 Å². The van der Waals surface area contributed by atoms with E-state index in [2.05, 4.69) is 20.5 Å². The highest BCUT2D eigenvalue weighted by Crippen LogP contribution is 2.33. The summed E-state index contributed by atoms with van der Waals surface area (Å²) < 4.78 is 1.85. The number of halogens is 2. The third-order valence-electron chi connectivity index (χ3n) is 5.01. The van der Waals surface area contributed by atoms with Gasteiger partial charge in [-0.25, -0.2) is 0 Å². The van der Waals surface area contributed by atoms with Gasteiger partial charge in [0.15, 0.2) is 11.0 Å². The fraction of sp³-hybridized carbons (Fsp3) is 0.167. The highest BCUT2D eigenvalue weighted by Gasteiger charge is 2.23. The second kappa shape index (κ2) is 9.95. The molecule has 1 atom stereocenters. The van der Waals surface area contributed by atoms with Crippen LogP contribution in [0.4, 0.5) is 5.69 Å². The van der Waals surface area contributed by atoms with Crippen molar-refractivity contribution in [2.75, 3.05) is 5.32 Å². The molecule has 168 valence electrons. The van der Waals surface area contributed by atoms with Crippen molar-refractivity contribution in [1.29, 1.82) is 0 Å². The summed E-state index contributed by atoms with van der Waals surface area (Å²) >= 11 is 13.7. The molecule has 0 spiro atoms. The molecule has 1 unspecified atom stereocenters. The zero-order chi connectivity index (χ0) is 23.5. The van der Waals surface area contributed by atoms with E-state index in [0.29, 0.717) is 21.0 Å². The minimum absolute atomic E-state index is 0.126. The van der Waals surface area contributed by atoms with Gasteiger partial charge in [0.2, 0.25) is 5.91 Å². The number of hydrogen-bond donors (Lipinski definition) is 1. The van der Waals surface area contributed by atoms with Crippen molar-refractivity contribution < 1.29 is 4.79 Å². The van der Waals surface area contributed by atoms with Crippen molar-refractivity contribution in [1.82, 2.24) is 19.7 Å². The fourth-order valence-corrected chi connectivity index (χ4v) is 4.44. The maximum absolute atomic E-state index is 12.9. The summed E-state index contributed by atoms with van der Waals surface area (Å²) in [5, 5.41) is 12.7. The Kier molecular flexibility index (Phi) is 7.02. The van der Waals surface area contributed by atoms with Crippen LogP contribution in [0.15, 0.2) is 66.1 Å². The molecule has 0 aliphatic rings. The Hall–Kier alpha value is -2.87. The second-order valence-corrected chi connectivity index (χ2v) is 9.67. The number of carbonyl (C=O) groups excluding carboxylic acids is 1. The van der Waals surface area contributed by atoms with E-state index in [1.807, 2.05) is 61.7 Å². The predicted octanol–water partition coefficient (Wildman–Crippen LogP) is 6.37. The molecule has 0 saturated carbocycles. The van der Waals surface area contributed by atoms with Gasteiger partial charge in [-0.2, -0.15) is 0 Å². The maximum atomic E-state index is 12.9. The average molecular weight is 498 g/mol. The van der Waals surface area contributed by atoms with Gasteiger partial charge in [-0.3, -0.25) is 14.3 Å². The molecule has 33 heavy (non-hydrogen) atoms. The minimum Gasteiger partial charge on any atom is -0.325 e. The molecule has 1 amide bonds. The summed E-state index contributed by atoms with van der Waals surface area (Å²) in [7, 11) is 0. The van der Waals surface area contributed by atoms with E-state index in [4.69, 9.17) is 23.2 Å². The first kappa shape index (κ1) is 23.3. The van der Waals surface area contributed by atoms with Gasteiger partial charge in [0, 0.05) is 23.6 Å². The van der Waals surface area contributed by atoms with Crippen LogP contribution in [0.3, 0.4) is 0 Å². The molecule has 2 heterocycles. The van der Waals surface area contributed by atoms with E-state index in [9.17, 15) is 4.79 Å². The van der Waals surface area contributed by atoms with Crippen molar-refractivity contribution >= 4 is 46.6 Å². The highest BCUT2D eigenvalue weighted by molar-refractivity contribution is 8.00. The molecular formula is C24H21Cl2N5OS. The lowest BCUT2D eigenvalue weighted by Crippen LogP contribution is -2.23. The van der Waals surface area contributed by atoms with Crippen LogP contribution in [0.25, 0.3) is 17.1 Å². The van der Waals surface area contributed by atoms with Gasteiger partial charge in [-0.15, -0.1) is 10.2 Å². The quantitative estimate of drug-likeness (QED) is 0.313. The Morgan fingerprint density at radius 3 is 2.58 bits per heavy atom. The molecule has 0 saturated heterocycles. The standard InChI is InChI=1S/C24H21Cl2N5OS/c1-14-6-9-21(15(2)11-14)28-23(32)16(3)33-24-30-29-22(17-5-4-10-27-13-17)31(24)18-7-8-19(25)20(26)12-18/h4-13,16H,1-3H3,(H,28,32). The first-order valence-electron chi connectivity index (χ1n) is 10.2. The van der Waals surface area contributed by atoms with Gasteiger partial charge >= 0.3 is 0 Å². The number of rotatable bonds is 6. The average Bonchev–Trinajstić information content (AvgIpc) is 3.21. The molecule has 0 aliphatic carbocycles. The van der Waals surface area contributed by atoms with Gasteiger partial charge in [0.25, 0.3) is 0 Å². The van der Waals surface area contributed by atoms with Crippen molar-refractivity contribution in [2.45, 2.75) is 31.2 Å². The third-order valence-corrected chi connectivity index (χ3v) is 6.79. The van der Waals surface area contributed by atoms with E-state index in [1.54, 1.807) is 24.5 Å². The first-order valence-corrected chi connectivity index (χ1v) is 11.8. The number of pyridine rings is 1. The Morgan fingerprint density at radius 1 is 1.06 bits per heavy atom. The number of thioether (sulfide) groups is 1. The number of benzene rings is 2. The fourth-order valence-electron chi connectivity index (χ4n) is 3.29. The molecule has 4 rings (SSSR count). The second-order valence-electron chi connectivity index (χ2n) is 7.55. The third kappa shape index (κ3) is 5.21. The van der Waals surface area contributed by atoms with E-state index >= 15 is 0 Å². The van der Waals surface area contributed by atoms with Crippen LogP contribution >= 0.6 is 35.0 Å². The summed E-state index contributed by atoms with van der Waals surface area (Å²) in [6.45, 7) is 5.83. The lowest BCUT2D eigenvalue weighted by atomic mass is 10.1. The molecule has 0 aliphatic heterocycles. The highest BCUT2D eigenvalue weighted by atomic mass is 35.5. The van der Waals surface area contributed by atoms with Crippen LogP contribution in [0.5, 0.6) is 0 Å². The molecule has 6 nitrogen and oxygen atoms in total. The number of aryl methyl sites for hydroxylation is 2. The summed E-state index contributed by atoms with van der Waals surface area (Å²) in [6, 6.07) is 15.0. The molecule has 2 aromatic heterocycles. The number of nitrogens with zero attached hydrogens (tertiary/aromatic N) is 4.